The molecule has 1 aromatic carbocycles. The van der Waals surface area contributed by atoms with E-state index in [1.807, 2.05) is 6.07 Å². The third-order valence-electron chi connectivity index (χ3n) is 2.48. The van der Waals surface area contributed by atoms with Crippen LogP contribution in [0.25, 0.3) is 0 Å². The molecule has 0 radical (unpaired) electrons. The van der Waals surface area contributed by atoms with Crippen LogP contribution in [0.1, 0.15) is 25.8 Å². The lowest BCUT2D eigenvalue weighted by Crippen LogP contribution is -2.14. The number of ether oxygens (including phenoxy) is 1. The molecule has 0 fully saturated rings. The van der Waals surface area contributed by atoms with E-state index in [2.05, 4.69) is 19.0 Å². The molecular formula is C12H18N2O2S. The highest BCUT2D eigenvalue weighted by Crippen LogP contribution is 2.31. The minimum absolute atomic E-state index is 0.124. The van der Waals surface area contributed by atoms with Crippen LogP contribution < -0.4 is 10.5 Å². The maximum absolute atomic E-state index is 8.75. The Morgan fingerprint density at radius 2 is 2.29 bits per heavy atom. The minimum Gasteiger partial charge on any atom is -0.497 e. The smallest absolute Gasteiger partial charge is 0.171 e. The summed E-state index contributed by atoms with van der Waals surface area (Å²) in [5.41, 5.74) is 6.38. The third-order valence-corrected chi connectivity index (χ3v) is 3.80. The molecule has 0 aromatic heterocycles. The first-order valence-corrected chi connectivity index (χ1v) is 6.32. The van der Waals surface area contributed by atoms with Crippen LogP contribution in [-0.4, -0.2) is 23.4 Å². The SMILES string of the molecule is CCC(C)Sc1cc(OC)ccc1/C(N)=N/O. The van der Waals surface area contributed by atoms with E-state index < -0.39 is 0 Å². The fourth-order valence-corrected chi connectivity index (χ4v) is 2.38. The molecule has 0 bridgehead atoms. The number of methoxy groups -OCH3 is 1. The molecule has 94 valence electrons. The van der Waals surface area contributed by atoms with Crippen LogP contribution in [0.5, 0.6) is 5.75 Å². The quantitative estimate of drug-likeness (QED) is 0.279. The van der Waals surface area contributed by atoms with Crippen LogP contribution in [0.4, 0.5) is 0 Å². The Hall–Kier alpha value is -1.36. The summed E-state index contributed by atoms with van der Waals surface area (Å²) in [5.74, 6) is 0.892. The number of nitrogens with zero attached hydrogens (tertiary/aromatic N) is 1. The fourth-order valence-electron chi connectivity index (χ4n) is 1.29. The van der Waals surface area contributed by atoms with E-state index in [0.29, 0.717) is 5.25 Å². The number of hydrogen-bond acceptors (Lipinski definition) is 4. The van der Waals surface area contributed by atoms with Crippen molar-refractivity contribution in [1.29, 1.82) is 0 Å². The Morgan fingerprint density at radius 3 is 2.82 bits per heavy atom. The maximum Gasteiger partial charge on any atom is 0.171 e. The van der Waals surface area contributed by atoms with Gasteiger partial charge in [0.25, 0.3) is 0 Å². The van der Waals surface area contributed by atoms with Crippen molar-refractivity contribution in [3.05, 3.63) is 23.8 Å². The molecule has 0 spiro atoms. The summed E-state index contributed by atoms with van der Waals surface area (Å²) < 4.78 is 5.18. The first kappa shape index (κ1) is 13.7. The van der Waals surface area contributed by atoms with Crippen LogP contribution in [0.3, 0.4) is 0 Å². The predicted octanol–water partition coefficient (Wildman–Crippen LogP) is 2.68. The van der Waals surface area contributed by atoms with E-state index in [1.54, 1.807) is 31.0 Å². The van der Waals surface area contributed by atoms with Crippen molar-refractivity contribution in [2.75, 3.05) is 7.11 Å². The highest BCUT2D eigenvalue weighted by molar-refractivity contribution is 8.00. The second-order valence-electron chi connectivity index (χ2n) is 3.68. The van der Waals surface area contributed by atoms with Gasteiger partial charge in [0.15, 0.2) is 5.84 Å². The summed E-state index contributed by atoms with van der Waals surface area (Å²) in [5, 5.41) is 12.3. The van der Waals surface area contributed by atoms with Crippen LogP contribution in [0.15, 0.2) is 28.3 Å². The standard InChI is InChI=1S/C12H18N2O2S/c1-4-8(2)17-11-7-9(16-3)5-6-10(11)12(13)14-15/h5-8,15H,4H2,1-3H3,(H2,13,14). The summed E-state index contributed by atoms with van der Waals surface area (Å²) >= 11 is 1.69. The molecule has 17 heavy (non-hydrogen) atoms. The van der Waals surface area contributed by atoms with Gasteiger partial charge in [-0.05, 0) is 24.6 Å². The molecule has 1 atom stereocenters. The van der Waals surface area contributed by atoms with Gasteiger partial charge in [0.2, 0.25) is 0 Å². The van der Waals surface area contributed by atoms with E-state index >= 15 is 0 Å². The van der Waals surface area contributed by atoms with Gasteiger partial charge in [-0.1, -0.05) is 19.0 Å². The average molecular weight is 254 g/mol. The number of thioether (sulfide) groups is 1. The molecule has 5 heteroatoms. The molecule has 1 unspecified atom stereocenters. The monoisotopic (exact) mass is 254 g/mol. The zero-order valence-electron chi connectivity index (χ0n) is 10.3. The molecular weight excluding hydrogens is 236 g/mol. The number of hydrogen-bond donors (Lipinski definition) is 2. The highest BCUT2D eigenvalue weighted by atomic mass is 32.2. The molecule has 1 rings (SSSR count). The van der Waals surface area contributed by atoms with Gasteiger partial charge in [-0.3, -0.25) is 0 Å². The van der Waals surface area contributed by atoms with E-state index in [-0.39, 0.29) is 5.84 Å². The molecule has 4 nitrogen and oxygen atoms in total. The van der Waals surface area contributed by atoms with Crippen LogP contribution in [0.2, 0.25) is 0 Å². The summed E-state index contributed by atoms with van der Waals surface area (Å²) in [4.78, 5) is 0.967. The van der Waals surface area contributed by atoms with Crippen molar-refractivity contribution < 1.29 is 9.94 Å². The van der Waals surface area contributed by atoms with E-state index in [9.17, 15) is 0 Å². The Labute approximate surface area is 106 Å². The zero-order valence-corrected chi connectivity index (χ0v) is 11.1. The van der Waals surface area contributed by atoms with E-state index in [1.165, 1.54) is 0 Å². The lowest BCUT2D eigenvalue weighted by Gasteiger charge is -2.13. The van der Waals surface area contributed by atoms with Crippen LogP contribution in [-0.2, 0) is 0 Å². The van der Waals surface area contributed by atoms with Crippen molar-refractivity contribution in [3.8, 4) is 5.75 Å². The van der Waals surface area contributed by atoms with Crippen LogP contribution >= 0.6 is 11.8 Å². The minimum atomic E-state index is 0.124. The maximum atomic E-state index is 8.75. The third kappa shape index (κ3) is 3.56. The van der Waals surface area contributed by atoms with Gasteiger partial charge in [0, 0.05) is 15.7 Å². The largest absolute Gasteiger partial charge is 0.497 e. The van der Waals surface area contributed by atoms with Gasteiger partial charge in [-0.15, -0.1) is 11.8 Å². The van der Waals surface area contributed by atoms with Crippen molar-refractivity contribution in [1.82, 2.24) is 0 Å². The Bertz CT molecular complexity index is 407. The lowest BCUT2D eigenvalue weighted by atomic mass is 10.2. The summed E-state index contributed by atoms with van der Waals surface area (Å²) in [6.07, 6.45) is 1.05. The number of benzene rings is 1. The second-order valence-corrected chi connectivity index (χ2v) is 5.16. The van der Waals surface area contributed by atoms with Gasteiger partial charge >= 0.3 is 0 Å². The number of amidine groups is 1. The molecule has 1 aromatic rings. The van der Waals surface area contributed by atoms with Crippen molar-refractivity contribution in [2.24, 2.45) is 10.9 Å². The molecule has 3 N–H and O–H groups in total. The fraction of sp³-hybridized carbons (Fsp3) is 0.417. The first-order valence-electron chi connectivity index (χ1n) is 5.45. The van der Waals surface area contributed by atoms with Gasteiger partial charge in [0.05, 0.1) is 7.11 Å². The normalized spacial score (nSPS) is 13.5. The lowest BCUT2D eigenvalue weighted by molar-refractivity contribution is 0.318. The van der Waals surface area contributed by atoms with Crippen molar-refractivity contribution >= 4 is 17.6 Å². The summed E-state index contributed by atoms with van der Waals surface area (Å²) in [6.45, 7) is 4.27. The van der Waals surface area contributed by atoms with Gasteiger partial charge in [0.1, 0.15) is 5.75 Å². The van der Waals surface area contributed by atoms with Crippen molar-refractivity contribution in [3.63, 3.8) is 0 Å². The molecule has 0 saturated heterocycles. The van der Waals surface area contributed by atoms with Crippen molar-refractivity contribution in [2.45, 2.75) is 30.4 Å². The molecule has 0 amide bonds. The van der Waals surface area contributed by atoms with Gasteiger partial charge < -0.3 is 15.7 Å². The van der Waals surface area contributed by atoms with E-state index in [0.717, 1.165) is 22.6 Å². The Morgan fingerprint density at radius 1 is 1.59 bits per heavy atom. The molecule has 0 heterocycles. The summed E-state index contributed by atoms with van der Waals surface area (Å²) in [7, 11) is 1.62. The molecule has 0 aliphatic carbocycles. The summed E-state index contributed by atoms with van der Waals surface area (Å²) in [6, 6.07) is 5.51. The Kier molecular flexibility index (Phi) is 5.15. The second kappa shape index (κ2) is 6.39. The van der Waals surface area contributed by atoms with E-state index in [4.69, 9.17) is 15.7 Å². The Balaban J connectivity index is 3.11. The number of rotatable bonds is 5. The van der Waals surface area contributed by atoms with Gasteiger partial charge in [-0.25, -0.2) is 0 Å². The predicted molar refractivity (Wildman–Crippen MR) is 71.1 cm³/mol. The zero-order chi connectivity index (χ0) is 12.8. The number of nitrogens with two attached hydrogens (primary N) is 1. The van der Waals surface area contributed by atoms with Gasteiger partial charge in [-0.2, -0.15) is 0 Å². The molecule has 0 saturated carbocycles. The topological polar surface area (TPSA) is 67.8 Å². The number of oxime groups is 1. The highest BCUT2D eigenvalue weighted by Gasteiger charge is 2.11. The average Bonchev–Trinajstić information content (AvgIpc) is 2.37. The molecule has 0 aliphatic rings. The van der Waals surface area contributed by atoms with Crippen LogP contribution in [0, 0.1) is 0 Å². The first-order chi connectivity index (χ1) is 8.12. The molecule has 0 aliphatic heterocycles.